The lowest BCUT2D eigenvalue weighted by atomic mass is 10.2. The lowest BCUT2D eigenvalue weighted by Gasteiger charge is -2.20. The molecule has 0 unspecified atom stereocenters. The van der Waals surface area contributed by atoms with Gasteiger partial charge in [-0.05, 0) is 39.8 Å². The average molecular weight is 318 g/mol. The highest BCUT2D eigenvalue weighted by Gasteiger charge is 2.17. The molecular weight excluding hydrogens is 296 g/mol. The molecule has 0 saturated heterocycles. The minimum Gasteiger partial charge on any atom is -0.361 e. The van der Waals surface area contributed by atoms with E-state index in [1.807, 2.05) is 56.9 Å². The van der Waals surface area contributed by atoms with Gasteiger partial charge in [-0.1, -0.05) is 17.3 Å². The number of aromatic nitrogens is 1. The van der Waals surface area contributed by atoms with Crippen molar-refractivity contribution < 1.29 is 9.32 Å². The second-order valence-corrected chi connectivity index (χ2v) is 6.08. The predicted molar refractivity (Wildman–Crippen MR) is 89.2 cm³/mol. The van der Waals surface area contributed by atoms with Crippen molar-refractivity contribution in [2.45, 2.75) is 38.3 Å². The molecule has 0 fully saturated rings. The zero-order chi connectivity index (χ0) is 16.1. The Morgan fingerprint density at radius 3 is 2.50 bits per heavy atom. The topological polar surface area (TPSA) is 46.3 Å². The van der Waals surface area contributed by atoms with Crippen LogP contribution in [0.1, 0.15) is 41.2 Å². The van der Waals surface area contributed by atoms with Crippen LogP contribution in [0.3, 0.4) is 0 Å². The molecule has 2 aromatic rings. The van der Waals surface area contributed by atoms with Gasteiger partial charge < -0.3 is 9.42 Å². The first-order valence-corrected chi connectivity index (χ1v) is 8.49. The van der Waals surface area contributed by atoms with Crippen molar-refractivity contribution in [3.63, 3.8) is 0 Å². The van der Waals surface area contributed by atoms with Gasteiger partial charge in [-0.2, -0.15) is 0 Å². The zero-order valence-electron chi connectivity index (χ0n) is 13.5. The third kappa shape index (κ3) is 3.53. The van der Waals surface area contributed by atoms with Crippen LogP contribution in [0.4, 0.5) is 0 Å². The second kappa shape index (κ2) is 7.49. The molecule has 0 saturated carbocycles. The van der Waals surface area contributed by atoms with Gasteiger partial charge >= 0.3 is 0 Å². The molecule has 0 N–H and O–H groups in total. The minimum atomic E-state index is 0.0897. The molecular formula is C17H22N2O2S. The van der Waals surface area contributed by atoms with E-state index in [0.29, 0.717) is 0 Å². The standard InChI is InChI=1S/C17H22N2O2S/c1-5-19(6-2)17(20)14-9-7-8-10-16(14)22-11-15-12(3)18-21-13(15)4/h7-10H,5-6,11H2,1-4H3. The summed E-state index contributed by atoms with van der Waals surface area (Å²) in [6.07, 6.45) is 0. The van der Waals surface area contributed by atoms with Gasteiger partial charge in [-0.15, -0.1) is 11.8 Å². The molecule has 4 nitrogen and oxygen atoms in total. The fourth-order valence-electron chi connectivity index (χ4n) is 2.31. The van der Waals surface area contributed by atoms with Crippen molar-refractivity contribution in [1.29, 1.82) is 0 Å². The second-order valence-electron chi connectivity index (χ2n) is 5.07. The van der Waals surface area contributed by atoms with E-state index in [0.717, 1.165) is 46.3 Å². The third-order valence-corrected chi connectivity index (χ3v) is 4.82. The summed E-state index contributed by atoms with van der Waals surface area (Å²) in [5.41, 5.74) is 2.79. The van der Waals surface area contributed by atoms with Gasteiger partial charge in [0, 0.05) is 29.3 Å². The van der Waals surface area contributed by atoms with Crippen LogP contribution in [0.5, 0.6) is 0 Å². The Labute approximate surface area is 135 Å². The van der Waals surface area contributed by atoms with E-state index < -0.39 is 0 Å². The van der Waals surface area contributed by atoms with Gasteiger partial charge in [-0.25, -0.2) is 0 Å². The van der Waals surface area contributed by atoms with Crippen molar-refractivity contribution in [3.8, 4) is 0 Å². The molecule has 2 rings (SSSR count). The summed E-state index contributed by atoms with van der Waals surface area (Å²) in [5.74, 6) is 1.69. The highest BCUT2D eigenvalue weighted by molar-refractivity contribution is 7.98. The van der Waals surface area contributed by atoms with E-state index in [1.165, 1.54) is 0 Å². The molecule has 118 valence electrons. The van der Waals surface area contributed by atoms with Gasteiger partial charge in [-0.3, -0.25) is 4.79 Å². The van der Waals surface area contributed by atoms with Crippen molar-refractivity contribution >= 4 is 17.7 Å². The van der Waals surface area contributed by atoms with E-state index >= 15 is 0 Å². The van der Waals surface area contributed by atoms with Crippen LogP contribution in [0.15, 0.2) is 33.7 Å². The third-order valence-electron chi connectivity index (χ3n) is 3.72. The number of thioether (sulfide) groups is 1. The zero-order valence-corrected chi connectivity index (χ0v) is 14.4. The van der Waals surface area contributed by atoms with Crippen molar-refractivity contribution in [2.75, 3.05) is 13.1 Å². The molecule has 1 heterocycles. The lowest BCUT2D eigenvalue weighted by molar-refractivity contribution is 0.0769. The summed E-state index contributed by atoms with van der Waals surface area (Å²) in [6.45, 7) is 9.31. The molecule has 0 radical (unpaired) electrons. The van der Waals surface area contributed by atoms with Crippen molar-refractivity contribution in [2.24, 2.45) is 0 Å². The lowest BCUT2D eigenvalue weighted by Crippen LogP contribution is -2.30. The van der Waals surface area contributed by atoms with E-state index in [-0.39, 0.29) is 5.91 Å². The summed E-state index contributed by atoms with van der Waals surface area (Å²) in [7, 11) is 0. The molecule has 1 amide bonds. The molecule has 0 atom stereocenters. The predicted octanol–water partition coefficient (Wildman–Crippen LogP) is 4.07. The minimum absolute atomic E-state index is 0.0897. The SMILES string of the molecule is CCN(CC)C(=O)c1ccccc1SCc1c(C)noc1C. The number of carbonyl (C=O) groups is 1. The van der Waals surface area contributed by atoms with Gasteiger partial charge in [0.1, 0.15) is 5.76 Å². The summed E-state index contributed by atoms with van der Waals surface area (Å²) in [6, 6.07) is 7.78. The van der Waals surface area contributed by atoms with Gasteiger partial charge in [0.25, 0.3) is 5.91 Å². The monoisotopic (exact) mass is 318 g/mol. The molecule has 1 aromatic carbocycles. The fourth-order valence-corrected chi connectivity index (χ4v) is 3.51. The summed E-state index contributed by atoms with van der Waals surface area (Å²) < 4.78 is 5.20. The maximum Gasteiger partial charge on any atom is 0.254 e. The molecule has 0 aliphatic heterocycles. The van der Waals surface area contributed by atoms with E-state index in [4.69, 9.17) is 4.52 Å². The van der Waals surface area contributed by atoms with Gasteiger partial charge in [0.05, 0.1) is 11.3 Å². The van der Waals surface area contributed by atoms with Gasteiger partial charge in [0.15, 0.2) is 0 Å². The Balaban J connectivity index is 2.20. The van der Waals surface area contributed by atoms with Crippen molar-refractivity contribution in [3.05, 3.63) is 46.8 Å². The smallest absolute Gasteiger partial charge is 0.254 e. The quantitative estimate of drug-likeness (QED) is 0.753. The van der Waals surface area contributed by atoms with Crippen LogP contribution in [0, 0.1) is 13.8 Å². The molecule has 22 heavy (non-hydrogen) atoms. The van der Waals surface area contributed by atoms with E-state index in [1.54, 1.807) is 11.8 Å². The number of benzene rings is 1. The Hall–Kier alpha value is -1.75. The molecule has 5 heteroatoms. The number of aryl methyl sites for hydroxylation is 2. The number of amides is 1. The first-order valence-electron chi connectivity index (χ1n) is 7.51. The Morgan fingerprint density at radius 2 is 1.91 bits per heavy atom. The molecule has 0 aliphatic rings. The van der Waals surface area contributed by atoms with Gasteiger partial charge in [0.2, 0.25) is 0 Å². The highest BCUT2D eigenvalue weighted by Crippen LogP contribution is 2.29. The summed E-state index contributed by atoms with van der Waals surface area (Å²) in [4.78, 5) is 15.4. The highest BCUT2D eigenvalue weighted by atomic mass is 32.2. The number of carbonyl (C=O) groups excluding carboxylic acids is 1. The van der Waals surface area contributed by atoms with Crippen LogP contribution < -0.4 is 0 Å². The Kier molecular flexibility index (Phi) is 5.66. The Morgan fingerprint density at radius 1 is 1.23 bits per heavy atom. The van der Waals surface area contributed by atoms with E-state index in [9.17, 15) is 4.79 Å². The van der Waals surface area contributed by atoms with Crippen LogP contribution in [-0.4, -0.2) is 29.1 Å². The molecule has 0 spiro atoms. The molecule has 1 aromatic heterocycles. The average Bonchev–Trinajstić information content (AvgIpc) is 2.85. The van der Waals surface area contributed by atoms with Crippen LogP contribution in [0.2, 0.25) is 0 Å². The van der Waals surface area contributed by atoms with Crippen molar-refractivity contribution in [1.82, 2.24) is 10.1 Å². The van der Waals surface area contributed by atoms with Crippen LogP contribution in [-0.2, 0) is 5.75 Å². The number of hydrogen-bond acceptors (Lipinski definition) is 4. The first-order chi connectivity index (χ1) is 10.6. The molecule has 0 aliphatic carbocycles. The largest absolute Gasteiger partial charge is 0.361 e. The number of nitrogens with zero attached hydrogens (tertiary/aromatic N) is 2. The summed E-state index contributed by atoms with van der Waals surface area (Å²) >= 11 is 1.65. The normalized spacial score (nSPS) is 10.7. The maximum absolute atomic E-state index is 12.6. The number of rotatable bonds is 6. The fraction of sp³-hybridized carbons (Fsp3) is 0.412. The molecule has 0 bridgehead atoms. The maximum atomic E-state index is 12.6. The van der Waals surface area contributed by atoms with Crippen LogP contribution in [0.25, 0.3) is 0 Å². The number of hydrogen-bond donors (Lipinski definition) is 0. The first kappa shape index (κ1) is 16.6. The van der Waals surface area contributed by atoms with Crippen LogP contribution >= 0.6 is 11.8 Å². The summed E-state index contributed by atoms with van der Waals surface area (Å²) in [5, 5.41) is 3.98. The van der Waals surface area contributed by atoms with E-state index in [2.05, 4.69) is 5.16 Å². The Bertz CT molecular complexity index is 628.